The lowest BCUT2D eigenvalue weighted by Gasteiger charge is -2.38. The number of carboxylic acid groups (broad SMARTS) is 1. The van der Waals surface area contributed by atoms with E-state index < -0.39 is 36.3 Å². The number of nitrogens with zero attached hydrogens (tertiary/aromatic N) is 3. The minimum atomic E-state index is -2.80. The number of halogens is 2. The number of rotatable bonds is 4. The van der Waals surface area contributed by atoms with Gasteiger partial charge in [-0.3, -0.25) is 14.2 Å². The third kappa shape index (κ3) is 3.50. The Bertz CT molecular complexity index is 1370. The van der Waals surface area contributed by atoms with E-state index in [9.17, 15) is 28.3 Å². The van der Waals surface area contributed by atoms with E-state index in [0.717, 1.165) is 11.3 Å². The molecular weight excluding hydrogens is 454 g/mol. The molecule has 33 heavy (non-hydrogen) atoms. The summed E-state index contributed by atoms with van der Waals surface area (Å²) >= 11 is 1.05. The van der Waals surface area contributed by atoms with Crippen molar-refractivity contribution in [2.75, 3.05) is 0 Å². The molecule has 0 atom stereocenters. The van der Waals surface area contributed by atoms with Crippen molar-refractivity contribution in [2.24, 2.45) is 0 Å². The van der Waals surface area contributed by atoms with Crippen molar-refractivity contribution in [1.82, 2.24) is 19.9 Å². The van der Waals surface area contributed by atoms with Gasteiger partial charge in [-0.2, -0.15) is 0 Å². The van der Waals surface area contributed by atoms with E-state index in [1.807, 2.05) is 0 Å². The number of carbonyl (C=O) groups excluding carboxylic acids is 1. The largest absolute Gasteiger partial charge is 0.477 e. The summed E-state index contributed by atoms with van der Waals surface area (Å²) in [7, 11) is 0. The van der Waals surface area contributed by atoms with Gasteiger partial charge in [0.25, 0.3) is 11.5 Å². The van der Waals surface area contributed by atoms with Crippen LogP contribution in [0.1, 0.15) is 62.7 Å². The Morgan fingerprint density at radius 3 is 2.61 bits per heavy atom. The van der Waals surface area contributed by atoms with Crippen molar-refractivity contribution in [1.29, 1.82) is 0 Å². The molecule has 4 heterocycles. The number of hydrogen-bond acceptors (Lipinski definition) is 6. The second-order valence-corrected chi connectivity index (χ2v) is 9.67. The number of nitrogens with one attached hydrogen (secondary N) is 1. The molecule has 5 rings (SSSR count). The molecule has 1 aliphatic carbocycles. The van der Waals surface area contributed by atoms with Gasteiger partial charge in [0.05, 0.1) is 5.69 Å². The quantitative estimate of drug-likeness (QED) is 0.600. The van der Waals surface area contributed by atoms with Crippen molar-refractivity contribution in [3.05, 3.63) is 56.2 Å². The number of thiophene rings is 1. The molecule has 0 unspecified atom stereocenters. The summed E-state index contributed by atoms with van der Waals surface area (Å²) in [6.45, 7) is 1.73. The number of aryl methyl sites for hydroxylation is 3. The van der Waals surface area contributed by atoms with Gasteiger partial charge in [-0.15, -0.1) is 11.3 Å². The molecule has 3 aromatic rings. The number of alkyl halides is 2. The highest BCUT2D eigenvalue weighted by Crippen LogP contribution is 2.43. The minimum absolute atomic E-state index is 0.0130. The summed E-state index contributed by atoms with van der Waals surface area (Å²) in [5.41, 5.74) is 0.395. The van der Waals surface area contributed by atoms with Crippen LogP contribution in [0.4, 0.5) is 8.78 Å². The Kier molecular flexibility index (Phi) is 4.85. The second kappa shape index (κ2) is 7.41. The Labute approximate surface area is 190 Å². The topological polar surface area (TPSA) is 114 Å². The van der Waals surface area contributed by atoms with Gasteiger partial charge in [-0.05, 0) is 50.3 Å². The third-order valence-electron chi connectivity index (χ3n) is 6.52. The maximum absolute atomic E-state index is 13.8. The molecule has 172 valence electrons. The molecule has 2 N–H and O–H groups in total. The van der Waals surface area contributed by atoms with Crippen LogP contribution in [0, 0.1) is 6.92 Å². The summed E-state index contributed by atoms with van der Waals surface area (Å²) in [6.07, 6.45) is 1.19. The lowest BCUT2D eigenvalue weighted by molar-refractivity contribution is -0.0668. The fourth-order valence-electron chi connectivity index (χ4n) is 4.85. The number of carboxylic acids is 1. The number of pyridine rings is 1. The van der Waals surface area contributed by atoms with Crippen LogP contribution in [0.25, 0.3) is 10.2 Å². The SMILES string of the molecule is Cc1cc(CCc2ncnc3sc(C(=O)O)cc23)c(=O)n2c1C(=O)NC21CCC(F)(F)CC1. The molecule has 8 nitrogen and oxygen atoms in total. The van der Waals surface area contributed by atoms with E-state index in [1.54, 1.807) is 13.0 Å². The van der Waals surface area contributed by atoms with Crippen LogP contribution >= 0.6 is 11.3 Å². The number of amides is 1. The molecule has 1 fully saturated rings. The van der Waals surface area contributed by atoms with Crippen molar-refractivity contribution < 1.29 is 23.5 Å². The average molecular weight is 474 g/mol. The molecule has 0 bridgehead atoms. The maximum Gasteiger partial charge on any atom is 0.345 e. The summed E-state index contributed by atoms with van der Waals surface area (Å²) in [5.74, 6) is -4.27. The normalized spacial score (nSPS) is 18.5. The average Bonchev–Trinajstić information content (AvgIpc) is 3.32. The van der Waals surface area contributed by atoms with E-state index in [-0.39, 0.29) is 29.0 Å². The van der Waals surface area contributed by atoms with Crippen LogP contribution in [-0.4, -0.2) is 37.4 Å². The molecule has 2 aliphatic rings. The maximum atomic E-state index is 13.8. The Hall–Kier alpha value is -3.21. The number of aromatic carboxylic acids is 1. The van der Waals surface area contributed by atoms with E-state index in [4.69, 9.17) is 0 Å². The lowest BCUT2D eigenvalue weighted by Crippen LogP contribution is -2.51. The summed E-state index contributed by atoms with van der Waals surface area (Å²) < 4.78 is 29.0. The molecule has 3 aromatic heterocycles. The van der Waals surface area contributed by atoms with Gasteiger partial charge in [0.1, 0.15) is 27.4 Å². The molecule has 11 heteroatoms. The van der Waals surface area contributed by atoms with E-state index in [2.05, 4.69) is 15.3 Å². The first-order valence-corrected chi connectivity index (χ1v) is 11.3. The standard InChI is InChI=1S/C22H20F2N4O4S/c1-11-8-12(2-3-14-13-9-15(20(31)32)33-18(13)26-10-25-14)19(30)28-16(11)17(29)27-22(28)6-4-21(23,24)5-7-22/h8-10H,2-7H2,1H3,(H,27,29)(H,31,32). The number of hydrogen-bond donors (Lipinski definition) is 2. The van der Waals surface area contributed by atoms with E-state index in [1.165, 1.54) is 17.0 Å². The van der Waals surface area contributed by atoms with Crippen LogP contribution in [-0.2, 0) is 18.5 Å². The molecule has 1 spiro atoms. The minimum Gasteiger partial charge on any atom is -0.477 e. The fourth-order valence-corrected chi connectivity index (χ4v) is 5.71. The lowest BCUT2D eigenvalue weighted by atomic mass is 9.86. The van der Waals surface area contributed by atoms with Crippen LogP contribution in [0.15, 0.2) is 23.3 Å². The first kappa shape index (κ1) is 21.6. The predicted molar refractivity (Wildman–Crippen MR) is 116 cm³/mol. The monoisotopic (exact) mass is 474 g/mol. The molecule has 0 aromatic carbocycles. The number of carbonyl (C=O) groups is 2. The fraction of sp³-hybridized carbons (Fsp3) is 0.409. The predicted octanol–water partition coefficient (Wildman–Crippen LogP) is 3.25. The van der Waals surface area contributed by atoms with Crippen LogP contribution in [0.3, 0.4) is 0 Å². The molecule has 1 saturated carbocycles. The zero-order chi connectivity index (χ0) is 23.5. The van der Waals surface area contributed by atoms with Gasteiger partial charge in [-0.25, -0.2) is 23.5 Å². The molecule has 0 saturated heterocycles. The summed E-state index contributed by atoms with van der Waals surface area (Å²) in [4.78, 5) is 46.5. The molecule has 1 amide bonds. The highest BCUT2D eigenvalue weighted by atomic mass is 32.1. The Morgan fingerprint density at radius 2 is 1.91 bits per heavy atom. The van der Waals surface area contributed by atoms with Gasteiger partial charge in [0.2, 0.25) is 5.92 Å². The van der Waals surface area contributed by atoms with Crippen LogP contribution in [0.2, 0.25) is 0 Å². The smallest absolute Gasteiger partial charge is 0.345 e. The van der Waals surface area contributed by atoms with Crippen molar-refractivity contribution in [3.63, 3.8) is 0 Å². The Morgan fingerprint density at radius 1 is 1.18 bits per heavy atom. The van der Waals surface area contributed by atoms with Crippen LogP contribution < -0.4 is 10.9 Å². The zero-order valence-electron chi connectivity index (χ0n) is 17.7. The van der Waals surface area contributed by atoms with Crippen molar-refractivity contribution >= 4 is 33.4 Å². The first-order valence-electron chi connectivity index (χ1n) is 10.5. The van der Waals surface area contributed by atoms with Gasteiger partial charge in [-0.1, -0.05) is 0 Å². The van der Waals surface area contributed by atoms with Gasteiger partial charge in [0.15, 0.2) is 0 Å². The van der Waals surface area contributed by atoms with Gasteiger partial charge >= 0.3 is 5.97 Å². The molecular formula is C22H20F2N4O4S. The van der Waals surface area contributed by atoms with Gasteiger partial charge in [0, 0.05) is 23.8 Å². The Balaban J connectivity index is 1.51. The molecule has 0 radical (unpaired) electrons. The van der Waals surface area contributed by atoms with Crippen LogP contribution in [0.5, 0.6) is 0 Å². The third-order valence-corrected chi connectivity index (χ3v) is 7.55. The second-order valence-electron chi connectivity index (χ2n) is 8.64. The number of fused-ring (bicyclic) bond motifs is 3. The summed E-state index contributed by atoms with van der Waals surface area (Å²) in [5, 5.41) is 12.7. The van der Waals surface area contributed by atoms with Gasteiger partial charge < -0.3 is 10.4 Å². The zero-order valence-corrected chi connectivity index (χ0v) is 18.5. The number of aromatic nitrogens is 3. The highest BCUT2D eigenvalue weighted by Gasteiger charge is 2.50. The molecule has 1 aliphatic heterocycles. The van der Waals surface area contributed by atoms with Crippen molar-refractivity contribution in [2.45, 2.75) is 57.0 Å². The van der Waals surface area contributed by atoms with E-state index >= 15 is 0 Å². The first-order chi connectivity index (χ1) is 15.6. The summed E-state index contributed by atoms with van der Waals surface area (Å²) in [6, 6.07) is 3.19. The van der Waals surface area contributed by atoms with Crippen molar-refractivity contribution in [3.8, 4) is 0 Å². The van der Waals surface area contributed by atoms with E-state index in [0.29, 0.717) is 39.9 Å². The highest BCUT2D eigenvalue weighted by molar-refractivity contribution is 7.20.